The van der Waals surface area contributed by atoms with Gasteiger partial charge in [-0.1, -0.05) is 11.3 Å². The molecule has 10 heteroatoms. The number of imidazole rings is 1. The van der Waals surface area contributed by atoms with Crippen LogP contribution < -0.4 is 10.2 Å². The summed E-state index contributed by atoms with van der Waals surface area (Å²) in [6.45, 7) is 3.47. The van der Waals surface area contributed by atoms with Gasteiger partial charge in [0.2, 0.25) is 5.82 Å². The number of thiazole rings is 2. The van der Waals surface area contributed by atoms with E-state index in [0.29, 0.717) is 16.8 Å². The van der Waals surface area contributed by atoms with Crippen molar-refractivity contribution in [2.45, 2.75) is 25.8 Å². The maximum Gasteiger partial charge on any atom is 0.373 e. The smallest absolute Gasteiger partial charge is 0.359 e. The summed E-state index contributed by atoms with van der Waals surface area (Å²) in [5.41, 5.74) is 1.02. The van der Waals surface area contributed by atoms with Gasteiger partial charge in [0.1, 0.15) is 6.20 Å². The highest BCUT2D eigenvalue weighted by atomic mass is 32.1. The molecule has 0 amide bonds. The van der Waals surface area contributed by atoms with Crippen molar-refractivity contribution < 1.29 is 4.92 Å². The van der Waals surface area contributed by atoms with Crippen LogP contribution in [0.2, 0.25) is 0 Å². The molecule has 1 fully saturated rings. The third-order valence-electron chi connectivity index (χ3n) is 4.13. The molecule has 0 aliphatic carbocycles. The van der Waals surface area contributed by atoms with Crippen LogP contribution >= 0.6 is 22.7 Å². The van der Waals surface area contributed by atoms with E-state index in [1.54, 1.807) is 21.9 Å². The molecule has 0 spiro atoms. The zero-order valence-corrected chi connectivity index (χ0v) is 14.6. The maximum absolute atomic E-state index is 11.4. The lowest BCUT2D eigenvalue weighted by atomic mass is 10.1. The molecule has 0 atom stereocenters. The van der Waals surface area contributed by atoms with Crippen LogP contribution in [-0.4, -0.2) is 38.4 Å². The fourth-order valence-electron chi connectivity index (χ4n) is 2.97. The van der Waals surface area contributed by atoms with Crippen LogP contribution in [0.3, 0.4) is 0 Å². The molecule has 4 rings (SSSR count). The van der Waals surface area contributed by atoms with Crippen LogP contribution in [0.5, 0.6) is 0 Å². The fourth-order valence-corrected chi connectivity index (χ4v) is 4.45. The van der Waals surface area contributed by atoms with Gasteiger partial charge in [-0.2, -0.15) is 9.38 Å². The van der Waals surface area contributed by atoms with Crippen LogP contribution in [-0.2, 0) is 0 Å². The zero-order valence-electron chi connectivity index (χ0n) is 13.0. The van der Waals surface area contributed by atoms with E-state index in [4.69, 9.17) is 0 Å². The molecule has 0 radical (unpaired) electrons. The molecule has 24 heavy (non-hydrogen) atoms. The van der Waals surface area contributed by atoms with Crippen molar-refractivity contribution in [3.05, 3.63) is 32.8 Å². The second kappa shape index (κ2) is 6.02. The molecule has 0 bridgehead atoms. The topological polar surface area (TPSA) is 88.6 Å². The lowest BCUT2D eigenvalue weighted by Gasteiger charge is -2.31. The monoisotopic (exact) mass is 364 g/mol. The number of nitro groups is 1. The Morgan fingerprint density at radius 2 is 2.12 bits per heavy atom. The zero-order chi connectivity index (χ0) is 16.7. The van der Waals surface area contributed by atoms with Crippen LogP contribution in [0.4, 0.5) is 16.8 Å². The van der Waals surface area contributed by atoms with E-state index in [2.05, 4.69) is 15.3 Å². The molecule has 1 N–H and O–H groups in total. The largest absolute Gasteiger partial charge is 0.373 e. The van der Waals surface area contributed by atoms with E-state index in [1.165, 1.54) is 11.3 Å². The summed E-state index contributed by atoms with van der Waals surface area (Å²) in [4.78, 5) is 22.7. The number of hydrogen-bond acceptors (Lipinski definition) is 8. The predicted molar refractivity (Wildman–Crippen MR) is 95.4 cm³/mol. The van der Waals surface area contributed by atoms with Crippen molar-refractivity contribution in [2.24, 2.45) is 0 Å². The normalized spacial score (nSPS) is 16.0. The van der Waals surface area contributed by atoms with Crippen LogP contribution in [0, 0.1) is 17.0 Å². The van der Waals surface area contributed by atoms with E-state index >= 15 is 0 Å². The van der Waals surface area contributed by atoms with Crippen LogP contribution in [0.25, 0.3) is 4.96 Å². The summed E-state index contributed by atoms with van der Waals surface area (Å²) in [6, 6.07) is 0.342. The third kappa shape index (κ3) is 2.71. The fraction of sp³-hybridized carbons (Fsp3) is 0.429. The molecular formula is C14H16N6O2S2. The summed E-state index contributed by atoms with van der Waals surface area (Å²) in [7, 11) is 0. The van der Waals surface area contributed by atoms with Gasteiger partial charge in [-0.15, -0.1) is 11.3 Å². The van der Waals surface area contributed by atoms with Gasteiger partial charge < -0.3 is 20.3 Å². The van der Waals surface area contributed by atoms with Crippen molar-refractivity contribution in [2.75, 3.05) is 23.3 Å². The number of anilines is 2. The Morgan fingerprint density at radius 1 is 1.33 bits per heavy atom. The molecule has 0 unspecified atom stereocenters. The molecule has 4 heterocycles. The first-order chi connectivity index (χ1) is 11.6. The molecule has 0 saturated carbocycles. The summed E-state index contributed by atoms with van der Waals surface area (Å²) in [5.74, 6) is 0.545. The Morgan fingerprint density at radius 3 is 2.79 bits per heavy atom. The van der Waals surface area contributed by atoms with Gasteiger partial charge >= 0.3 is 5.82 Å². The first kappa shape index (κ1) is 15.3. The van der Waals surface area contributed by atoms with E-state index in [-0.39, 0.29) is 10.7 Å². The Labute approximate surface area is 145 Å². The highest BCUT2D eigenvalue weighted by Crippen LogP contribution is 2.33. The summed E-state index contributed by atoms with van der Waals surface area (Å²) in [6.07, 6.45) is 3.51. The molecule has 1 saturated heterocycles. The highest BCUT2D eigenvalue weighted by Gasteiger charge is 2.30. The lowest BCUT2D eigenvalue weighted by molar-refractivity contribution is -0.389. The van der Waals surface area contributed by atoms with Gasteiger partial charge in [0.15, 0.2) is 5.13 Å². The van der Waals surface area contributed by atoms with Gasteiger partial charge in [-0.25, -0.2) is 4.98 Å². The second-order valence-electron chi connectivity index (χ2n) is 5.77. The van der Waals surface area contributed by atoms with Gasteiger partial charge in [0, 0.05) is 29.9 Å². The van der Waals surface area contributed by atoms with Crippen molar-refractivity contribution in [1.29, 1.82) is 0 Å². The highest BCUT2D eigenvalue weighted by molar-refractivity contribution is 7.15. The van der Waals surface area contributed by atoms with Crippen LogP contribution in [0.15, 0.2) is 17.0 Å². The maximum atomic E-state index is 11.4. The Kier molecular flexibility index (Phi) is 3.85. The standard InChI is InChI=1S/C14H16N6O2S2/c1-9-8-24-13(15-9)16-10-2-4-18(5-3-10)11-12(20(21)22)19-6-7-23-14(19)17-11/h6-8,10H,2-5H2,1H3,(H,15,16). The van der Waals surface area contributed by atoms with Crippen molar-refractivity contribution in [3.8, 4) is 0 Å². The molecule has 1 aliphatic heterocycles. The number of aromatic nitrogens is 3. The van der Waals surface area contributed by atoms with Gasteiger partial charge in [-0.05, 0) is 24.7 Å². The van der Waals surface area contributed by atoms with Crippen molar-refractivity contribution in [1.82, 2.24) is 14.4 Å². The van der Waals surface area contributed by atoms with Gasteiger partial charge in [0.05, 0.1) is 5.69 Å². The number of rotatable bonds is 4. The van der Waals surface area contributed by atoms with Gasteiger partial charge in [-0.3, -0.25) is 0 Å². The molecule has 1 aliphatic rings. The quantitative estimate of drug-likeness (QED) is 0.565. The SMILES string of the molecule is Cc1csc(NC2CCN(c3nc4sccn4c3[N+](=O)[O-])CC2)n1. The average molecular weight is 364 g/mol. The number of aryl methyl sites for hydroxylation is 1. The first-order valence-corrected chi connectivity index (χ1v) is 9.41. The predicted octanol–water partition coefficient (Wildman–Crippen LogP) is 3.15. The minimum absolute atomic E-state index is 0.0632. The van der Waals surface area contributed by atoms with E-state index in [9.17, 15) is 10.1 Å². The molecule has 0 aromatic carbocycles. The summed E-state index contributed by atoms with van der Waals surface area (Å²) >= 11 is 3.02. The van der Waals surface area contributed by atoms with Crippen molar-refractivity contribution >= 4 is 44.4 Å². The minimum Gasteiger partial charge on any atom is -0.359 e. The molecule has 126 valence electrons. The van der Waals surface area contributed by atoms with E-state index < -0.39 is 0 Å². The second-order valence-corrected chi connectivity index (χ2v) is 7.50. The Bertz CT molecular complexity index is 877. The average Bonchev–Trinajstić information content (AvgIpc) is 3.23. The lowest BCUT2D eigenvalue weighted by Crippen LogP contribution is -2.39. The number of piperidine rings is 1. The number of fused-ring (bicyclic) bond motifs is 1. The molecule has 8 nitrogen and oxygen atoms in total. The van der Waals surface area contributed by atoms with Crippen molar-refractivity contribution in [3.63, 3.8) is 0 Å². The number of nitrogens with zero attached hydrogens (tertiary/aromatic N) is 5. The molecule has 3 aromatic rings. The third-order valence-corrected chi connectivity index (χ3v) is 5.78. The van der Waals surface area contributed by atoms with Crippen LogP contribution in [0.1, 0.15) is 18.5 Å². The Hall–Kier alpha value is -2.20. The van der Waals surface area contributed by atoms with Gasteiger partial charge in [0.25, 0.3) is 4.96 Å². The number of nitrogens with one attached hydrogen (secondary N) is 1. The van der Waals surface area contributed by atoms with E-state index in [0.717, 1.165) is 36.8 Å². The first-order valence-electron chi connectivity index (χ1n) is 7.65. The summed E-state index contributed by atoms with van der Waals surface area (Å²) in [5, 5.41) is 19.7. The van der Waals surface area contributed by atoms with E-state index in [1.807, 2.05) is 22.6 Å². The molecular weight excluding hydrogens is 348 g/mol. The summed E-state index contributed by atoms with van der Waals surface area (Å²) < 4.78 is 1.56. The minimum atomic E-state index is -0.343. The number of hydrogen-bond donors (Lipinski definition) is 1. The molecule has 3 aromatic heterocycles. The Balaban J connectivity index is 1.48.